The fourth-order valence-corrected chi connectivity index (χ4v) is 1.28. The quantitative estimate of drug-likeness (QED) is 0.507. The van der Waals surface area contributed by atoms with E-state index in [0.29, 0.717) is 6.42 Å². The van der Waals surface area contributed by atoms with Gasteiger partial charge in [0.2, 0.25) is 11.8 Å². The normalized spacial score (nSPS) is 11.2. The monoisotopic (exact) mass is 241 g/mol. The minimum Gasteiger partial charge on any atom is -0.396 e. The molecule has 4 N–H and O–H groups in total. The van der Waals surface area contributed by atoms with Crippen LogP contribution in [0.2, 0.25) is 0 Å². The van der Waals surface area contributed by atoms with E-state index in [4.69, 9.17) is 10.8 Å². The van der Waals surface area contributed by atoms with Gasteiger partial charge >= 0.3 is 5.69 Å². The molecular formula is C9H15N5O3. The third-order valence-electron chi connectivity index (χ3n) is 2.18. The second kappa shape index (κ2) is 4.91. The highest BCUT2D eigenvalue weighted by Gasteiger charge is 2.24. The molecule has 0 unspecified atom stereocenters. The van der Waals surface area contributed by atoms with E-state index in [2.05, 4.69) is 15.3 Å². The smallest absolute Gasteiger partial charge is 0.329 e. The van der Waals surface area contributed by atoms with Crippen molar-refractivity contribution in [1.29, 1.82) is 0 Å². The number of anilines is 2. The molecule has 0 radical (unpaired) electrons. The maximum Gasteiger partial charge on any atom is 0.329 e. The van der Waals surface area contributed by atoms with Gasteiger partial charge in [-0.3, -0.25) is 10.1 Å². The van der Waals surface area contributed by atoms with Gasteiger partial charge in [0.25, 0.3) is 0 Å². The summed E-state index contributed by atoms with van der Waals surface area (Å²) in [5.41, 5.74) is 4.61. The second-order valence-corrected chi connectivity index (χ2v) is 4.20. The van der Waals surface area contributed by atoms with Crippen LogP contribution in [0, 0.1) is 10.1 Å². The zero-order chi connectivity index (χ0) is 13.1. The van der Waals surface area contributed by atoms with E-state index < -0.39 is 10.5 Å². The highest BCUT2D eigenvalue weighted by Crippen LogP contribution is 2.25. The Hall–Kier alpha value is -1.96. The summed E-state index contributed by atoms with van der Waals surface area (Å²) >= 11 is 0. The van der Waals surface area contributed by atoms with Crippen LogP contribution in [0.4, 0.5) is 17.5 Å². The van der Waals surface area contributed by atoms with Gasteiger partial charge in [0.1, 0.15) is 6.20 Å². The first-order chi connectivity index (χ1) is 7.85. The average Bonchev–Trinajstić information content (AvgIpc) is 2.15. The van der Waals surface area contributed by atoms with Crippen LogP contribution >= 0.6 is 0 Å². The summed E-state index contributed by atoms with van der Waals surface area (Å²) in [7, 11) is 0. The van der Waals surface area contributed by atoms with Crippen molar-refractivity contribution in [3.63, 3.8) is 0 Å². The molecule has 0 aliphatic carbocycles. The van der Waals surface area contributed by atoms with Gasteiger partial charge in [0.05, 0.1) is 4.92 Å². The minimum absolute atomic E-state index is 0.0334. The maximum absolute atomic E-state index is 10.8. The molecule has 17 heavy (non-hydrogen) atoms. The Morgan fingerprint density at radius 1 is 1.65 bits per heavy atom. The molecule has 0 bridgehead atoms. The van der Waals surface area contributed by atoms with Crippen molar-refractivity contribution in [3.05, 3.63) is 16.3 Å². The molecule has 0 fully saturated rings. The third kappa shape index (κ3) is 3.52. The SMILES string of the molecule is CC(C)(CCO)Nc1nc(N)ncc1[N+](=O)[O-]. The topological polar surface area (TPSA) is 127 Å². The number of nitrogen functional groups attached to an aromatic ring is 1. The highest BCUT2D eigenvalue weighted by molar-refractivity contribution is 5.57. The zero-order valence-corrected chi connectivity index (χ0v) is 9.67. The number of aromatic nitrogens is 2. The average molecular weight is 241 g/mol. The van der Waals surface area contributed by atoms with E-state index >= 15 is 0 Å². The number of aliphatic hydroxyl groups is 1. The lowest BCUT2D eigenvalue weighted by atomic mass is 10.0. The maximum atomic E-state index is 10.8. The van der Waals surface area contributed by atoms with Gasteiger partial charge in [-0.2, -0.15) is 4.98 Å². The predicted octanol–water partition coefficient (Wildman–Crippen LogP) is 0.540. The molecule has 0 aliphatic heterocycles. The van der Waals surface area contributed by atoms with Crippen LogP contribution in [0.5, 0.6) is 0 Å². The molecule has 1 aromatic rings. The van der Waals surface area contributed by atoms with Crippen LogP contribution < -0.4 is 11.1 Å². The second-order valence-electron chi connectivity index (χ2n) is 4.20. The Bertz CT molecular complexity index is 421. The molecule has 8 nitrogen and oxygen atoms in total. The van der Waals surface area contributed by atoms with Crippen LogP contribution in [-0.4, -0.2) is 32.1 Å². The van der Waals surface area contributed by atoms with Crippen LogP contribution in [0.25, 0.3) is 0 Å². The summed E-state index contributed by atoms with van der Waals surface area (Å²) in [6.07, 6.45) is 1.48. The third-order valence-corrected chi connectivity index (χ3v) is 2.18. The number of hydrogen-bond donors (Lipinski definition) is 3. The molecule has 1 heterocycles. The highest BCUT2D eigenvalue weighted by atomic mass is 16.6. The number of rotatable bonds is 5. The molecule has 8 heteroatoms. The van der Waals surface area contributed by atoms with E-state index in [1.807, 2.05) is 0 Å². The zero-order valence-electron chi connectivity index (χ0n) is 9.67. The van der Waals surface area contributed by atoms with Crippen LogP contribution in [-0.2, 0) is 0 Å². The van der Waals surface area contributed by atoms with Crippen molar-refractivity contribution in [1.82, 2.24) is 9.97 Å². The Balaban J connectivity index is 3.04. The summed E-state index contributed by atoms with van der Waals surface area (Å²) in [5, 5.41) is 22.5. The summed E-state index contributed by atoms with van der Waals surface area (Å²) in [5.74, 6) is 0.0128. The first kappa shape index (κ1) is 13.1. The number of nitrogens with two attached hydrogens (primary N) is 1. The first-order valence-electron chi connectivity index (χ1n) is 5.01. The molecule has 94 valence electrons. The Kier molecular flexibility index (Phi) is 3.79. The number of aliphatic hydroxyl groups excluding tert-OH is 1. The molecule has 0 aliphatic rings. The Morgan fingerprint density at radius 3 is 2.82 bits per heavy atom. The molecular weight excluding hydrogens is 226 g/mol. The number of nitrogens with zero attached hydrogens (tertiary/aromatic N) is 3. The number of nitrogens with one attached hydrogen (secondary N) is 1. The van der Waals surface area contributed by atoms with Crippen molar-refractivity contribution >= 4 is 17.5 Å². The summed E-state index contributed by atoms with van der Waals surface area (Å²) < 4.78 is 0. The lowest BCUT2D eigenvalue weighted by Gasteiger charge is -2.25. The van der Waals surface area contributed by atoms with Gasteiger partial charge in [0, 0.05) is 12.1 Å². The number of hydrogen-bond acceptors (Lipinski definition) is 7. The van der Waals surface area contributed by atoms with Crippen molar-refractivity contribution in [2.24, 2.45) is 0 Å². The molecule has 0 saturated carbocycles. The fourth-order valence-electron chi connectivity index (χ4n) is 1.28. The van der Waals surface area contributed by atoms with E-state index in [9.17, 15) is 10.1 Å². The fraction of sp³-hybridized carbons (Fsp3) is 0.556. The lowest BCUT2D eigenvalue weighted by molar-refractivity contribution is -0.384. The summed E-state index contributed by atoms with van der Waals surface area (Å²) in [6, 6.07) is 0. The standard InChI is InChI=1S/C9H15N5O3/c1-9(2,3-4-15)13-7-6(14(16)17)5-11-8(10)12-7/h5,15H,3-4H2,1-2H3,(H3,10,11,12,13). The van der Waals surface area contributed by atoms with Crippen molar-refractivity contribution in [2.45, 2.75) is 25.8 Å². The molecule has 0 atom stereocenters. The van der Waals surface area contributed by atoms with Crippen molar-refractivity contribution in [2.75, 3.05) is 17.7 Å². The van der Waals surface area contributed by atoms with E-state index in [1.165, 1.54) is 0 Å². The van der Waals surface area contributed by atoms with Crippen LogP contribution in [0.1, 0.15) is 20.3 Å². The van der Waals surface area contributed by atoms with Gasteiger partial charge in [-0.1, -0.05) is 0 Å². The van der Waals surface area contributed by atoms with E-state index in [-0.39, 0.29) is 24.1 Å². The van der Waals surface area contributed by atoms with Gasteiger partial charge in [0.15, 0.2) is 0 Å². The van der Waals surface area contributed by atoms with Gasteiger partial charge in [-0.15, -0.1) is 0 Å². The predicted molar refractivity (Wildman–Crippen MR) is 62.5 cm³/mol. The van der Waals surface area contributed by atoms with E-state index in [1.54, 1.807) is 13.8 Å². The first-order valence-corrected chi connectivity index (χ1v) is 5.01. The summed E-state index contributed by atoms with van der Waals surface area (Å²) in [6.45, 7) is 3.56. The molecule has 0 saturated heterocycles. The van der Waals surface area contributed by atoms with Gasteiger partial charge < -0.3 is 16.2 Å². The van der Waals surface area contributed by atoms with Crippen molar-refractivity contribution < 1.29 is 10.0 Å². The summed E-state index contributed by atoms with van der Waals surface area (Å²) in [4.78, 5) is 17.6. The van der Waals surface area contributed by atoms with Gasteiger partial charge in [-0.05, 0) is 20.3 Å². The van der Waals surface area contributed by atoms with Crippen LogP contribution in [0.15, 0.2) is 6.20 Å². The lowest BCUT2D eigenvalue weighted by Crippen LogP contribution is -2.32. The van der Waals surface area contributed by atoms with Gasteiger partial charge in [-0.25, -0.2) is 4.98 Å². The molecule has 0 spiro atoms. The molecule has 0 amide bonds. The van der Waals surface area contributed by atoms with E-state index in [0.717, 1.165) is 6.20 Å². The molecule has 1 rings (SSSR count). The number of nitro groups is 1. The Morgan fingerprint density at radius 2 is 2.29 bits per heavy atom. The Labute approximate surface area is 98.0 Å². The largest absolute Gasteiger partial charge is 0.396 e. The molecule has 0 aromatic carbocycles. The van der Waals surface area contributed by atoms with Crippen molar-refractivity contribution in [3.8, 4) is 0 Å². The molecule has 1 aromatic heterocycles. The minimum atomic E-state index is -0.587. The van der Waals surface area contributed by atoms with Crippen LogP contribution in [0.3, 0.4) is 0 Å².